The van der Waals surface area contributed by atoms with Gasteiger partial charge in [-0.1, -0.05) is 6.92 Å². The van der Waals surface area contributed by atoms with Crippen LogP contribution in [-0.2, 0) is 4.79 Å². The minimum atomic E-state index is -0.712. The van der Waals surface area contributed by atoms with Gasteiger partial charge in [0.15, 0.2) is 11.9 Å². The van der Waals surface area contributed by atoms with Crippen LogP contribution in [0.2, 0.25) is 0 Å². The van der Waals surface area contributed by atoms with Gasteiger partial charge in [-0.05, 0) is 46.2 Å². The Morgan fingerprint density at radius 2 is 1.95 bits per heavy atom. The molecular weight excluding hydrogens is 282 g/mol. The van der Waals surface area contributed by atoms with Gasteiger partial charge in [0.2, 0.25) is 0 Å². The molecule has 0 aliphatic heterocycles. The van der Waals surface area contributed by atoms with Crippen LogP contribution in [0, 0.1) is 0 Å². The van der Waals surface area contributed by atoms with Crippen molar-refractivity contribution in [1.29, 1.82) is 0 Å². The summed E-state index contributed by atoms with van der Waals surface area (Å²) in [5.41, 5.74) is 0.127. The lowest BCUT2D eigenvalue weighted by molar-refractivity contribution is -0.129. The van der Waals surface area contributed by atoms with E-state index in [1.807, 2.05) is 20.8 Å². The lowest BCUT2D eigenvalue weighted by atomic mass is 10.0. The van der Waals surface area contributed by atoms with Crippen LogP contribution in [0.5, 0.6) is 11.5 Å². The molecule has 0 saturated heterocycles. The predicted octanol–water partition coefficient (Wildman–Crippen LogP) is 2.97. The van der Waals surface area contributed by atoms with Crippen molar-refractivity contribution in [2.45, 2.75) is 52.7 Å². The molecule has 5 heteroatoms. The topological polar surface area (TPSA) is 64.6 Å². The van der Waals surface area contributed by atoms with Gasteiger partial charge >= 0.3 is 0 Å². The molecule has 0 aliphatic carbocycles. The summed E-state index contributed by atoms with van der Waals surface area (Å²) in [6, 6.07) is 4.94. The number of hydrogen-bond acceptors (Lipinski definition) is 4. The number of carbonyl (C=O) groups excluding carboxylic acids is 2. The minimum absolute atomic E-state index is 0.126. The first kappa shape index (κ1) is 18.0. The van der Waals surface area contributed by atoms with Gasteiger partial charge in [-0.15, -0.1) is 0 Å². The third-order valence-electron chi connectivity index (χ3n) is 3.59. The van der Waals surface area contributed by atoms with E-state index in [4.69, 9.17) is 9.47 Å². The Labute approximate surface area is 132 Å². The molecule has 0 radical (unpaired) electrons. The maximum Gasteiger partial charge on any atom is 0.261 e. The molecule has 0 bridgehead atoms. The first-order valence-corrected chi connectivity index (χ1v) is 7.38. The Morgan fingerprint density at radius 1 is 1.32 bits per heavy atom. The van der Waals surface area contributed by atoms with Gasteiger partial charge in [-0.2, -0.15) is 0 Å². The highest BCUT2D eigenvalue weighted by molar-refractivity contribution is 5.97. The molecule has 122 valence electrons. The number of amides is 1. The zero-order valence-electron chi connectivity index (χ0n) is 14.1. The third-order valence-corrected chi connectivity index (χ3v) is 3.59. The summed E-state index contributed by atoms with van der Waals surface area (Å²) in [6.07, 6.45) is 0.0968. The summed E-state index contributed by atoms with van der Waals surface area (Å²) in [5.74, 6) is 0.577. The van der Waals surface area contributed by atoms with Crippen molar-refractivity contribution < 1.29 is 19.1 Å². The van der Waals surface area contributed by atoms with Crippen LogP contribution >= 0.6 is 0 Å². The van der Waals surface area contributed by atoms with E-state index in [-0.39, 0.29) is 17.2 Å². The van der Waals surface area contributed by atoms with E-state index >= 15 is 0 Å². The summed E-state index contributed by atoms with van der Waals surface area (Å²) in [7, 11) is 1.53. The number of ether oxygens (including phenoxy) is 2. The molecule has 1 N–H and O–H groups in total. The Bertz CT molecular complexity index is 552. The largest absolute Gasteiger partial charge is 0.497 e. The minimum Gasteiger partial charge on any atom is -0.497 e. The van der Waals surface area contributed by atoms with Gasteiger partial charge in [-0.3, -0.25) is 9.59 Å². The van der Waals surface area contributed by atoms with Crippen molar-refractivity contribution >= 4 is 11.7 Å². The third kappa shape index (κ3) is 4.76. The van der Waals surface area contributed by atoms with E-state index in [0.29, 0.717) is 17.1 Å². The van der Waals surface area contributed by atoms with Crippen LogP contribution in [0.25, 0.3) is 0 Å². The Kier molecular flexibility index (Phi) is 5.97. The average Bonchev–Trinajstić information content (AvgIpc) is 2.46. The molecule has 0 spiro atoms. The van der Waals surface area contributed by atoms with E-state index in [1.165, 1.54) is 14.0 Å². The van der Waals surface area contributed by atoms with E-state index in [1.54, 1.807) is 25.1 Å². The fourth-order valence-electron chi connectivity index (χ4n) is 1.79. The molecule has 1 atom stereocenters. The maximum absolute atomic E-state index is 12.2. The fourth-order valence-corrected chi connectivity index (χ4v) is 1.79. The molecule has 0 saturated carbocycles. The van der Waals surface area contributed by atoms with Crippen LogP contribution in [0.4, 0.5) is 0 Å². The number of nitrogens with one attached hydrogen (secondary N) is 1. The van der Waals surface area contributed by atoms with Crippen molar-refractivity contribution in [3.05, 3.63) is 23.8 Å². The van der Waals surface area contributed by atoms with Gasteiger partial charge in [0.05, 0.1) is 12.7 Å². The Morgan fingerprint density at radius 3 is 2.45 bits per heavy atom. The molecule has 0 fully saturated rings. The number of rotatable bonds is 7. The van der Waals surface area contributed by atoms with Crippen LogP contribution in [0.1, 0.15) is 51.4 Å². The van der Waals surface area contributed by atoms with E-state index in [0.717, 1.165) is 6.42 Å². The van der Waals surface area contributed by atoms with Gasteiger partial charge in [0.1, 0.15) is 11.5 Å². The first-order chi connectivity index (χ1) is 10.2. The van der Waals surface area contributed by atoms with Crippen LogP contribution in [0.3, 0.4) is 0 Å². The summed E-state index contributed by atoms with van der Waals surface area (Å²) < 4.78 is 10.8. The summed E-state index contributed by atoms with van der Waals surface area (Å²) >= 11 is 0. The number of methoxy groups -OCH3 is 1. The van der Waals surface area contributed by atoms with Crippen LogP contribution in [0.15, 0.2) is 18.2 Å². The molecule has 5 nitrogen and oxygen atoms in total. The second kappa shape index (κ2) is 7.29. The Hall–Kier alpha value is -2.04. The van der Waals surface area contributed by atoms with Gasteiger partial charge in [0, 0.05) is 11.6 Å². The second-order valence-electron chi connectivity index (χ2n) is 5.91. The number of hydrogen-bond donors (Lipinski definition) is 1. The van der Waals surface area contributed by atoms with Crippen molar-refractivity contribution in [2.24, 2.45) is 0 Å². The molecule has 0 aliphatic rings. The van der Waals surface area contributed by atoms with Gasteiger partial charge in [0.25, 0.3) is 5.91 Å². The van der Waals surface area contributed by atoms with Crippen molar-refractivity contribution in [3.8, 4) is 11.5 Å². The summed E-state index contributed by atoms with van der Waals surface area (Å²) in [6.45, 7) is 9.01. The van der Waals surface area contributed by atoms with Crippen molar-refractivity contribution in [2.75, 3.05) is 7.11 Å². The molecule has 1 aromatic carbocycles. The molecule has 1 amide bonds. The van der Waals surface area contributed by atoms with Crippen molar-refractivity contribution in [1.82, 2.24) is 5.32 Å². The van der Waals surface area contributed by atoms with Gasteiger partial charge in [-0.25, -0.2) is 0 Å². The van der Waals surface area contributed by atoms with Crippen molar-refractivity contribution in [3.63, 3.8) is 0 Å². The highest BCUT2D eigenvalue weighted by Crippen LogP contribution is 2.26. The number of carbonyl (C=O) groups is 2. The lowest BCUT2D eigenvalue weighted by Crippen LogP contribution is -2.48. The molecule has 0 aromatic heterocycles. The van der Waals surface area contributed by atoms with Gasteiger partial charge < -0.3 is 14.8 Å². The smallest absolute Gasteiger partial charge is 0.261 e. The zero-order chi connectivity index (χ0) is 16.9. The highest BCUT2D eigenvalue weighted by Gasteiger charge is 2.24. The number of ketones is 1. The summed E-state index contributed by atoms with van der Waals surface area (Å²) in [5, 5.41) is 2.92. The SMILES string of the molecule is CCC(C)(C)NC(=O)[C@@H](C)Oc1cc(OC)ccc1C(C)=O. The molecule has 1 aromatic rings. The Balaban J connectivity index is 2.93. The maximum atomic E-state index is 12.2. The normalized spacial score (nSPS) is 12.5. The second-order valence-corrected chi connectivity index (χ2v) is 5.91. The van der Waals surface area contributed by atoms with Crippen LogP contribution < -0.4 is 14.8 Å². The number of benzene rings is 1. The monoisotopic (exact) mass is 307 g/mol. The molecular formula is C17H25NO4. The average molecular weight is 307 g/mol. The van der Waals surface area contributed by atoms with E-state index < -0.39 is 6.10 Å². The summed E-state index contributed by atoms with van der Waals surface area (Å²) in [4.78, 5) is 23.9. The zero-order valence-corrected chi connectivity index (χ0v) is 14.1. The van der Waals surface area contributed by atoms with E-state index in [2.05, 4.69) is 5.32 Å². The molecule has 1 rings (SSSR count). The molecule has 0 unspecified atom stereocenters. The molecule has 0 heterocycles. The van der Waals surface area contributed by atoms with Crippen LogP contribution in [-0.4, -0.2) is 30.4 Å². The number of Topliss-reactive ketones (excluding diaryl/α,β-unsaturated/α-hetero) is 1. The predicted molar refractivity (Wildman–Crippen MR) is 85.6 cm³/mol. The highest BCUT2D eigenvalue weighted by atomic mass is 16.5. The quantitative estimate of drug-likeness (QED) is 0.787. The standard InChI is InChI=1S/C17H25NO4/c1-7-17(4,5)18-16(20)12(3)22-15-10-13(21-6)8-9-14(15)11(2)19/h8-10,12H,7H2,1-6H3,(H,18,20)/t12-/m1/s1. The molecule has 22 heavy (non-hydrogen) atoms. The van der Waals surface area contributed by atoms with E-state index in [9.17, 15) is 9.59 Å². The lowest BCUT2D eigenvalue weighted by Gasteiger charge is -2.27. The fraction of sp³-hybridized carbons (Fsp3) is 0.529. The first-order valence-electron chi connectivity index (χ1n) is 7.38.